The van der Waals surface area contributed by atoms with E-state index in [1.807, 2.05) is 17.8 Å². The van der Waals surface area contributed by atoms with Gasteiger partial charge in [-0.2, -0.15) is 0 Å². The zero-order valence-electron chi connectivity index (χ0n) is 16.2. The summed E-state index contributed by atoms with van der Waals surface area (Å²) in [5.74, 6) is 0. The highest BCUT2D eigenvalue weighted by molar-refractivity contribution is 5.37. The predicted molar refractivity (Wildman–Crippen MR) is 98.3 cm³/mol. The van der Waals surface area contributed by atoms with Gasteiger partial charge in [0.05, 0.1) is 19.3 Å². The first-order valence-corrected chi connectivity index (χ1v) is 8.71. The van der Waals surface area contributed by atoms with Crippen LogP contribution in [-0.2, 0) is 28.7 Å². The summed E-state index contributed by atoms with van der Waals surface area (Å²) in [5, 5.41) is 8.41. The standard InChI is InChI=1S/C20H31N3O/c1-8-24-14-18-13-23(22-21-18)12-15-9-16(19(2,3)4)11-17(10-15)20(5,6)7/h9-11,13H,8,12,14H2,1-7H3. The van der Waals surface area contributed by atoms with E-state index in [9.17, 15) is 0 Å². The van der Waals surface area contributed by atoms with Crippen molar-refractivity contribution in [2.45, 2.75) is 72.4 Å². The molecule has 0 saturated heterocycles. The third kappa shape index (κ3) is 4.91. The molecule has 1 heterocycles. The molecule has 132 valence electrons. The summed E-state index contributed by atoms with van der Waals surface area (Å²) < 4.78 is 7.29. The Kier molecular flexibility index (Phi) is 5.49. The van der Waals surface area contributed by atoms with Crippen molar-refractivity contribution in [3.05, 3.63) is 46.8 Å². The van der Waals surface area contributed by atoms with Crippen LogP contribution in [0.4, 0.5) is 0 Å². The molecule has 0 aliphatic carbocycles. The summed E-state index contributed by atoms with van der Waals surface area (Å²) >= 11 is 0. The van der Waals surface area contributed by atoms with E-state index in [1.54, 1.807) is 0 Å². The van der Waals surface area contributed by atoms with Crippen molar-refractivity contribution < 1.29 is 4.74 Å². The molecule has 1 aromatic carbocycles. The monoisotopic (exact) mass is 329 g/mol. The molecule has 1 aromatic heterocycles. The van der Waals surface area contributed by atoms with Crippen LogP contribution in [0.3, 0.4) is 0 Å². The van der Waals surface area contributed by atoms with Crippen LogP contribution in [0.15, 0.2) is 24.4 Å². The molecule has 0 saturated carbocycles. The van der Waals surface area contributed by atoms with Crippen LogP contribution in [0.5, 0.6) is 0 Å². The van der Waals surface area contributed by atoms with Gasteiger partial charge in [0.15, 0.2) is 0 Å². The third-order valence-corrected chi connectivity index (χ3v) is 4.11. The van der Waals surface area contributed by atoms with E-state index >= 15 is 0 Å². The van der Waals surface area contributed by atoms with Crippen LogP contribution in [0, 0.1) is 0 Å². The average Bonchev–Trinajstić information content (AvgIpc) is 2.90. The van der Waals surface area contributed by atoms with Crippen LogP contribution in [0.25, 0.3) is 0 Å². The SMILES string of the molecule is CCOCc1cn(Cc2cc(C(C)(C)C)cc(C(C)(C)C)c2)nn1. The fourth-order valence-corrected chi connectivity index (χ4v) is 2.52. The summed E-state index contributed by atoms with van der Waals surface area (Å²) in [4.78, 5) is 0. The van der Waals surface area contributed by atoms with Gasteiger partial charge in [0, 0.05) is 6.61 Å². The molecule has 0 bridgehead atoms. The van der Waals surface area contributed by atoms with Crippen molar-refractivity contribution in [1.29, 1.82) is 0 Å². The Morgan fingerprint density at radius 3 is 2.04 bits per heavy atom. The van der Waals surface area contributed by atoms with Gasteiger partial charge >= 0.3 is 0 Å². The van der Waals surface area contributed by atoms with Gasteiger partial charge < -0.3 is 4.74 Å². The fourth-order valence-electron chi connectivity index (χ4n) is 2.52. The van der Waals surface area contributed by atoms with Crippen LogP contribution < -0.4 is 0 Å². The second-order valence-electron chi connectivity index (χ2n) is 8.46. The van der Waals surface area contributed by atoms with Gasteiger partial charge in [0.2, 0.25) is 0 Å². The van der Waals surface area contributed by atoms with E-state index in [-0.39, 0.29) is 10.8 Å². The molecule has 0 aliphatic heterocycles. The third-order valence-electron chi connectivity index (χ3n) is 4.11. The van der Waals surface area contributed by atoms with Gasteiger partial charge in [-0.25, -0.2) is 4.68 Å². The number of aromatic nitrogens is 3. The number of ether oxygens (including phenoxy) is 1. The molecular formula is C20H31N3O. The van der Waals surface area contributed by atoms with Crippen molar-refractivity contribution in [1.82, 2.24) is 15.0 Å². The van der Waals surface area contributed by atoms with Crippen LogP contribution in [0.2, 0.25) is 0 Å². The first-order valence-electron chi connectivity index (χ1n) is 8.71. The Balaban J connectivity index is 2.30. The normalized spacial score (nSPS) is 12.6. The smallest absolute Gasteiger partial charge is 0.108 e. The molecule has 2 rings (SSSR count). The first kappa shape index (κ1) is 18.7. The lowest BCUT2D eigenvalue weighted by Gasteiger charge is -2.26. The molecule has 0 radical (unpaired) electrons. The van der Waals surface area contributed by atoms with E-state index in [0.717, 1.165) is 12.2 Å². The van der Waals surface area contributed by atoms with Crippen molar-refractivity contribution >= 4 is 0 Å². The van der Waals surface area contributed by atoms with E-state index in [4.69, 9.17) is 4.74 Å². The van der Waals surface area contributed by atoms with Gasteiger partial charge in [-0.1, -0.05) is 65.0 Å². The van der Waals surface area contributed by atoms with Gasteiger partial charge in [-0.05, 0) is 34.4 Å². The maximum Gasteiger partial charge on any atom is 0.108 e. The van der Waals surface area contributed by atoms with E-state index in [1.165, 1.54) is 16.7 Å². The van der Waals surface area contributed by atoms with Crippen LogP contribution in [0.1, 0.15) is 70.9 Å². The summed E-state index contributed by atoms with van der Waals surface area (Å²) in [5.41, 5.74) is 5.11. The molecule has 0 amide bonds. The Morgan fingerprint density at radius 2 is 1.54 bits per heavy atom. The summed E-state index contributed by atoms with van der Waals surface area (Å²) in [6.45, 7) is 17.5. The van der Waals surface area contributed by atoms with E-state index < -0.39 is 0 Å². The van der Waals surface area contributed by atoms with Crippen molar-refractivity contribution in [2.24, 2.45) is 0 Å². The van der Waals surface area contributed by atoms with Gasteiger partial charge in [0.25, 0.3) is 0 Å². The number of hydrogen-bond acceptors (Lipinski definition) is 3. The number of nitrogens with zero attached hydrogens (tertiary/aromatic N) is 3. The Hall–Kier alpha value is -1.68. The predicted octanol–water partition coefficient (Wildman–Crippen LogP) is 4.46. The summed E-state index contributed by atoms with van der Waals surface area (Å²) in [6.07, 6.45) is 1.97. The highest BCUT2D eigenvalue weighted by Gasteiger charge is 2.20. The topological polar surface area (TPSA) is 39.9 Å². The van der Waals surface area contributed by atoms with Crippen LogP contribution >= 0.6 is 0 Å². The molecule has 0 atom stereocenters. The van der Waals surface area contributed by atoms with Gasteiger partial charge in [-0.15, -0.1) is 5.10 Å². The number of rotatable bonds is 5. The molecule has 2 aromatic rings. The molecule has 0 aliphatic rings. The molecule has 4 heteroatoms. The van der Waals surface area contributed by atoms with Gasteiger partial charge in [0.1, 0.15) is 5.69 Å². The Morgan fingerprint density at radius 1 is 0.958 bits per heavy atom. The van der Waals surface area contributed by atoms with Crippen LogP contribution in [-0.4, -0.2) is 21.6 Å². The molecular weight excluding hydrogens is 298 g/mol. The molecule has 0 unspecified atom stereocenters. The summed E-state index contributed by atoms with van der Waals surface area (Å²) in [7, 11) is 0. The zero-order valence-corrected chi connectivity index (χ0v) is 16.2. The molecule has 0 fully saturated rings. The Labute approximate surface area is 146 Å². The average molecular weight is 329 g/mol. The van der Waals surface area contributed by atoms with Crippen molar-refractivity contribution in [3.63, 3.8) is 0 Å². The second-order valence-corrected chi connectivity index (χ2v) is 8.46. The lowest BCUT2D eigenvalue weighted by molar-refractivity contribution is 0.131. The molecule has 4 nitrogen and oxygen atoms in total. The van der Waals surface area contributed by atoms with E-state index in [2.05, 4.69) is 70.1 Å². The Bertz CT molecular complexity index is 643. The maximum atomic E-state index is 5.39. The van der Waals surface area contributed by atoms with E-state index in [0.29, 0.717) is 13.2 Å². The minimum absolute atomic E-state index is 0.124. The highest BCUT2D eigenvalue weighted by atomic mass is 16.5. The minimum atomic E-state index is 0.124. The minimum Gasteiger partial charge on any atom is -0.375 e. The molecule has 24 heavy (non-hydrogen) atoms. The number of benzene rings is 1. The highest BCUT2D eigenvalue weighted by Crippen LogP contribution is 2.30. The fraction of sp³-hybridized carbons (Fsp3) is 0.600. The molecule has 0 spiro atoms. The van der Waals surface area contributed by atoms with Crippen molar-refractivity contribution in [2.75, 3.05) is 6.61 Å². The zero-order chi connectivity index (χ0) is 18.0. The lowest BCUT2D eigenvalue weighted by atomic mass is 9.79. The quantitative estimate of drug-likeness (QED) is 0.813. The summed E-state index contributed by atoms with van der Waals surface area (Å²) in [6, 6.07) is 6.92. The van der Waals surface area contributed by atoms with Crippen molar-refractivity contribution in [3.8, 4) is 0 Å². The largest absolute Gasteiger partial charge is 0.375 e. The second kappa shape index (κ2) is 7.06. The first-order chi connectivity index (χ1) is 11.1. The number of hydrogen-bond donors (Lipinski definition) is 0. The lowest BCUT2D eigenvalue weighted by Crippen LogP contribution is -2.17. The molecule has 0 N–H and O–H groups in total. The van der Waals surface area contributed by atoms with Gasteiger partial charge in [-0.3, -0.25) is 0 Å². The maximum absolute atomic E-state index is 5.39.